The van der Waals surface area contributed by atoms with Crippen LogP contribution in [0.4, 0.5) is 10.1 Å². The van der Waals surface area contributed by atoms with E-state index in [9.17, 15) is 4.39 Å². The Bertz CT molecular complexity index is 1140. The van der Waals surface area contributed by atoms with Gasteiger partial charge in [-0.2, -0.15) is 5.10 Å². The van der Waals surface area contributed by atoms with Crippen molar-refractivity contribution in [2.24, 2.45) is 5.92 Å². The van der Waals surface area contributed by atoms with E-state index >= 15 is 0 Å². The summed E-state index contributed by atoms with van der Waals surface area (Å²) in [5, 5.41) is 5.26. The molecule has 0 unspecified atom stereocenters. The van der Waals surface area contributed by atoms with E-state index in [1.54, 1.807) is 16.8 Å². The molecule has 130 valence electrons. The Morgan fingerprint density at radius 3 is 2.81 bits per heavy atom. The summed E-state index contributed by atoms with van der Waals surface area (Å²) in [6.07, 6.45) is 5.70. The van der Waals surface area contributed by atoms with Gasteiger partial charge in [-0.15, -0.1) is 0 Å². The summed E-state index contributed by atoms with van der Waals surface area (Å²) >= 11 is 0. The van der Waals surface area contributed by atoms with Crippen LogP contribution in [0.1, 0.15) is 12.6 Å². The van der Waals surface area contributed by atoms with Crippen LogP contribution in [0.25, 0.3) is 27.7 Å². The lowest BCUT2D eigenvalue weighted by molar-refractivity contribution is 0.446. The van der Waals surface area contributed by atoms with Crippen LogP contribution in [0.5, 0.6) is 0 Å². The summed E-state index contributed by atoms with van der Waals surface area (Å²) in [4.78, 5) is 11.3. The van der Waals surface area contributed by atoms with Crippen molar-refractivity contribution in [3.8, 4) is 11.1 Å². The topological polar surface area (TPSA) is 46.3 Å². The minimum atomic E-state index is -0.314. The third kappa shape index (κ3) is 2.25. The van der Waals surface area contributed by atoms with E-state index < -0.39 is 0 Å². The number of benzene rings is 1. The first kappa shape index (κ1) is 15.3. The monoisotopic (exact) mass is 347 g/mol. The highest BCUT2D eigenvalue weighted by atomic mass is 19.1. The Labute approximate surface area is 150 Å². The maximum Gasteiger partial charge on any atom is 0.162 e. The molecule has 26 heavy (non-hydrogen) atoms. The highest BCUT2D eigenvalue weighted by molar-refractivity contribution is 5.98. The molecule has 0 saturated carbocycles. The van der Waals surface area contributed by atoms with Crippen LogP contribution in [0, 0.1) is 18.7 Å². The van der Waals surface area contributed by atoms with E-state index in [2.05, 4.69) is 26.9 Å². The van der Waals surface area contributed by atoms with Crippen molar-refractivity contribution < 1.29 is 4.39 Å². The number of para-hydroxylation sites is 1. The summed E-state index contributed by atoms with van der Waals surface area (Å²) in [5.74, 6) is 0.408. The Morgan fingerprint density at radius 2 is 2.00 bits per heavy atom. The lowest BCUT2D eigenvalue weighted by atomic mass is 10.0. The second-order valence-corrected chi connectivity index (χ2v) is 7.10. The number of hydrogen-bond donors (Lipinski definition) is 0. The fourth-order valence-corrected chi connectivity index (χ4v) is 3.69. The van der Waals surface area contributed by atoms with E-state index in [0.717, 1.165) is 52.5 Å². The highest BCUT2D eigenvalue weighted by Gasteiger charge is 2.23. The number of hydrogen-bond acceptors (Lipinski definition) is 4. The zero-order valence-electron chi connectivity index (χ0n) is 14.6. The number of aromatic nitrogens is 4. The highest BCUT2D eigenvalue weighted by Crippen LogP contribution is 2.32. The quantitative estimate of drug-likeness (QED) is 0.553. The molecular weight excluding hydrogens is 329 g/mol. The third-order valence-corrected chi connectivity index (χ3v) is 4.98. The molecule has 6 heteroatoms. The minimum Gasteiger partial charge on any atom is -0.368 e. The van der Waals surface area contributed by atoms with E-state index in [-0.39, 0.29) is 5.82 Å². The standard InChI is InChI=1S/C20H18FN5/c1-12-9-25(10-12)14-7-22-20-17(8-23-26(20)11-14)16-6-13(2)24-19-15(16)4-3-5-18(19)21/h3-8,11-12H,9-10H2,1-2H3. The van der Waals surface area contributed by atoms with Crippen LogP contribution >= 0.6 is 0 Å². The SMILES string of the molecule is Cc1cc(-c2cnn3cc(N4CC(C)C4)cnc23)c2cccc(F)c2n1. The normalized spacial score (nSPS) is 15.0. The first-order chi connectivity index (χ1) is 12.6. The third-order valence-electron chi connectivity index (χ3n) is 4.98. The summed E-state index contributed by atoms with van der Waals surface area (Å²) in [6, 6.07) is 7.00. The maximum atomic E-state index is 14.2. The van der Waals surface area contributed by atoms with Crippen molar-refractivity contribution in [1.29, 1.82) is 0 Å². The Hall–Kier alpha value is -3.02. The molecule has 0 atom stereocenters. The van der Waals surface area contributed by atoms with Gasteiger partial charge < -0.3 is 4.90 Å². The molecule has 5 nitrogen and oxygen atoms in total. The van der Waals surface area contributed by atoms with Crippen LogP contribution in [0.15, 0.2) is 42.9 Å². The fraction of sp³-hybridized carbons (Fsp3) is 0.250. The molecule has 1 aliphatic heterocycles. The first-order valence-corrected chi connectivity index (χ1v) is 8.75. The molecular formula is C20H18FN5. The number of halogens is 1. The second kappa shape index (κ2) is 5.49. The largest absolute Gasteiger partial charge is 0.368 e. The summed E-state index contributed by atoms with van der Waals surface area (Å²) in [5.41, 5.74) is 4.77. The van der Waals surface area contributed by atoms with E-state index in [4.69, 9.17) is 0 Å². The van der Waals surface area contributed by atoms with Crippen LogP contribution in [0.3, 0.4) is 0 Å². The van der Waals surface area contributed by atoms with Crippen molar-refractivity contribution in [2.45, 2.75) is 13.8 Å². The van der Waals surface area contributed by atoms with Gasteiger partial charge in [0.25, 0.3) is 0 Å². The first-order valence-electron chi connectivity index (χ1n) is 8.75. The van der Waals surface area contributed by atoms with Gasteiger partial charge in [0, 0.05) is 29.7 Å². The summed E-state index contributed by atoms with van der Waals surface area (Å²) in [7, 11) is 0. The smallest absolute Gasteiger partial charge is 0.162 e. The molecule has 3 aromatic heterocycles. The molecule has 1 aromatic carbocycles. The summed E-state index contributed by atoms with van der Waals surface area (Å²) < 4.78 is 16.0. The Kier molecular flexibility index (Phi) is 3.22. The van der Waals surface area contributed by atoms with Gasteiger partial charge in [0.05, 0.1) is 24.3 Å². The summed E-state index contributed by atoms with van der Waals surface area (Å²) in [6.45, 7) is 6.21. The molecule has 4 heterocycles. The average molecular weight is 347 g/mol. The van der Waals surface area contributed by atoms with Crippen molar-refractivity contribution in [2.75, 3.05) is 18.0 Å². The molecule has 0 bridgehead atoms. The zero-order valence-corrected chi connectivity index (χ0v) is 14.6. The van der Waals surface area contributed by atoms with Crippen molar-refractivity contribution in [3.63, 3.8) is 0 Å². The number of aryl methyl sites for hydroxylation is 1. The van der Waals surface area contributed by atoms with E-state index in [1.165, 1.54) is 6.07 Å². The van der Waals surface area contributed by atoms with E-state index in [0.29, 0.717) is 5.52 Å². The number of nitrogens with zero attached hydrogens (tertiary/aromatic N) is 5. The van der Waals surface area contributed by atoms with Crippen molar-refractivity contribution in [3.05, 3.63) is 54.4 Å². The maximum absolute atomic E-state index is 14.2. The molecule has 0 radical (unpaired) electrons. The van der Waals surface area contributed by atoms with Crippen LogP contribution < -0.4 is 4.90 Å². The molecule has 1 fully saturated rings. The van der Waals surface area contributed by atoms with Crippen LogP contribution in [0.2, 0.25) is 0 Å². The minimum absolute atomic E-state index is 0.314. The zero-order chi connectivity index (χ0) is 17.8. The molecule has 0 N–H and O–H groups in total. The van der Waals surface area contributed by atoms with Gasteiger partial charge in [-0.05, 0) is 30.5 Å². The van der Waals surface area contributed by atoms with Gasteiger partial charge >= 0.3 is 0 Å². The average Bonchev–Trinajstić information content (AvgIpc) is 3.02. The van der Waals surface area contributed by atoms with Gasteiger partial charge in [-0.3, -0.25) is 4.98 Å². The van der Waals surface area contributed by atoms with Gasteiger partial charge in [0.15, 0.2) is 5.65 Å². The predicted molar refractivity (Wildman–Crippen MR) is 99.8 cm³/mol. The lowest BCUT2D eigenvalue weighted by Gasteiger charge is -2.38. The molecule has 5 rings (SSSR count). The van der Waals surface area contributed by atoms with Gasteiger partial charge in [0.2, 0.25) is 0 Å². The molecule has 0 amide bonds. The number of fused-ring (bicyclic) bond motifs is 2. The van der Waals surface area contributed by atoms with Crippen LogP contribution in [-0.4, -0.2) is 32.7 Å². The fourth-order valence-electron chi connectivity index (χ4n) is 3.69. The second-order valence-electron chi connectivity index (χ2n) is 7.10. The van der Waals surface area contributed by atoms with Crippen molar-refractivity contribution >= 4 is 22.2 Å². The molecule has 0 aliphatic carbocycles. The number of rotatable bonds is 2. The molecule has 1 saturated heterocycles. The van der Waals surface area contributed by atoms with Gasteiger partial charge in [-0.1, -0.05) is 19.1 Å². The molecule has 4 aromatic rings. The Balaban J connectivity index is 1.68. The predicted octanol–water partition coefficient (Wildman–Crippen LogP) is 3.85. The number of pyridine rings is 1. The molecule has 0 spiro atoms. The lowest BCUT2D eigenvalue weighted by Crippen LogP contribution is -2.45. The van der Waals surface area contributed by atoms with Gasteiger partial charge in [-0.25, -0.2) is 13.9 Å². The van der Waals surface area contributed by atoms with Crippen molar-refractivity contribution in [1.82, 2.24) is 19.6 Å². The molecule has 1 aliphatic rings. The van der Waals surface area contributed by atoms with E-state index in [1.807, 2.05) is 31.5 Å². The van der Waals surface area contributed by atoms with Crippen LogP contribution in [-0.2, 0) is 0 Å². The Morgan fingerprint density at radius 1 is 1.15 bits per heavy atom. The van der Waals surface area contributed by atoms with Gasteiger partial charge in [0.1, 0.15) is 11.3 Å². The number of anilines is 1.